The van der Waals surface area contributed by atoms with Gasteiger partial charge in [-0.3, -0.25) is 14.9 Å². The maximum Gasteiger partial charge on any atom is 0.305 e. The molecule has 1 aliphatic rings. The van der Waals surface area contributed by atoms with Gasteiger partial charge in [0.05, 0.1) is 7.11 Å². The van der Waals surface area contributed by atoms with Gasteiger partial charge in [-0.2, -0.15) is 0 Å². The number of rotatable bonds is 3. The van der Waals surface area contributed by atoms with Crippen LogP contribution in [0.1, 0.15) is 32.1 Å². The van der Waals surface area contributed by atoms with E-state index in [1.807, 2.05) is 0 Å². The number of carbonyl (C=O) groups is 1. The zero-order valence-corrected chi connectivity index (χ0v) is 8.27. The highest BCUT2D eigenvalue weighted by molar-refractivity contribution is 5.69. The minimum absolute atomic E-state index is 0.131. The topological polar surface area (TPSA) is 69.4 Å². The molecule has 0 N–H and O–H groups in total. The van der Waals surface area contributed by atoms with E-state index in [0.717, 1.165) is 12.8 Å². The molecular formula is C9H15NO4. The highest BCUT2D eigenvalue weighted by Crippen LogP contribution is 2.28. The zero-order valence-electron chi connectivity index (χ0n) is 8.27. The van der Waals surface area contributed by atoms with Crippen molar-refractivity contribution in [1.29, 1.82) is 0 Å². The van der Waals surface area contributed by atoms with Crippen LogP contribution in [0.15, 0.2) is 0 Å². The normalized spacial score (nSPS) is 26.9. The average molecular weight is 201 g/mol. The van der Waals surface area contributed by atoms with E-state index in [-0.39, 0.29) is 16.8 Å². The monoisotopic (exact) mass is 201 g/mol. The molecule has 0 amide bonds. The Morgan fingerprint density at radius 1 is 1.57 bits per heavy atom. The first-order valence-electron chi connectivity index (χ1n) is 4.83. The van der Waals surface area contributed by atoms with Gasteiger partial charge in [0, 0.05) is 24.2 Å². The molecule has 0 saturated heterocycles. The van der Waals surface area contributed by atoms with Gasteiger partial charge in [0.25, 0.3) is 0 Å². The van der Waals surface area contributed by atoms with Gasteiger partial charge in [-0.15, -0.1) is 0 Å². The summed E-state index contributed by atoms with van der Waals surface area (Å²) in [7, 11) is 1.34. The smallest absolute Gasteiger partial charge is 0.305 e. The first-order chi connectivity index (χ1) is 6.63. The van der Waals surface area contributed by atoms with Gasteiger partial charge < -0.3 is 4.74 Å². The van der Waals surface area contributed by atoms with E-state index < -0.39 is 6.04 Å². The molecule has 5 heteroatoms. The third-order valence-electron chi connectivity index (χ3n) is 2.74. The largest absolute Gasteiger partial charge is 0.469 e. The number of nitrogens with zero attached hydrogens (tertiary/aromatic N) is 1. The second-order valence-electron chi connectivity index (χ2n) is 3.75. The van der Waals surface area contributed by atoms with E-state index in [0.29, 0.717) is 19.3 Å². The predicted molar refractivity (Wildman–Crippen MR) is 49.4 cm³/mol. The van der Waals surface area contributed by atoms with E-state index in [1.165, 1.54) is 7.11 Å². The zero-order chi connectivity index (χ0) is 10.6. The molecule has 1 saturated carbocycles. The molecule has 0 radical (unpaired) electrons. The van der Waals surface area contributed by atoms with Crippen LogP contribution in [0.3, 0.4) is 0 Å². The molecule has 1 fully saturated rings. The lowest BCUT2D eigenvalue weighted by atomic mass is 9.84. The van der Waals surface area contributed by atoms with Crippen molar-refractivity contribution in [2.45, 2.75) is 38.1 Å². The lowest BCUT2D eigenvalue weighted by molar-refractivity contribution is -0.527. The van der Waals surface area contributed by atoms with Gasteiger partial charge in [0.15, 0.2) is 0 Å². The van der Waals surface area contributed by atoms with Crippen molar-refractivity contribution in [3.63, 3.8) is 0 Å². The number of nitro groups is 1. The second-order valence-corrected chi connectivity index (χ2v) is 3.75. The molecule has 2 atom stereocenters. The van der Waals surface area contributed by atoms with Crippen LogP contribution in [0, 0.1) is 16.0 Å². The van der Waals surface area contributed by atoms with Crippen molar-refractivity contribution >= 4 is 5.97 Å². The third-order valence-corrected chi connectivity index (χ3v) is 2.74. The third kappa shape index (κ3) is 2.97. The lowest BCUT2D eigenvalue weighted by Crippen LogP contribution is -2.28. The van der Waals surface area contributed by atoms with Crippen molar-refractivity contribution in [2.75, 3.05) is 7.11 Å². The molecular weight excluding hydrogens is 186 g/mol. The summed E-state index contributed by atoms with van der Waals surface area (Å²) in [4.78, 5) is 21.3. The Balaban J connectivity index is 2.40. The van der Waals surface area contributed by atoms with E-state index in [9.17, 15) is 14.9 Å². The van der Waals surface area contributed by atoms with Crippen LogP contribution < -0.4 is 0 Å². The van der Waals surface area contributed by atoms with Crippen LogP contribution >= 0.6 is 0 Å². The van der Waals surface area contributed by atoms with Crippen LogP contribution in [-0.4, -0.2) is 24.0 Å². The molecule has 0 aromatic rings. The Morgan fingerprint density at radius 3 is 2.86 bits per heavy atom. The number of hydrogen-bond acceptors (Lipinski definition) is 4. The van der Waals surface area contributed by atoms with Gasteiger partial charge in [0.2, 0.25) is 6.04 Å². The van der Waals surface area contributed by atoms with Crippen molar-refractivity contribution in [3.05, 3.63) is 10.1 Å². The highest BCUT2D eigenvalue weighted by atomic mass is 16.6. The molecule has 14 heavy (non-hydrogen) atoms. The van der Waals surface area contributed by atoms with Crippen molar-refractivity contribution in [2.24, 2.45) is 5.92 Å². The van der Waals surface area contributed by atoms with E-state index in [2.05, 4.69) is 4.74 Å². The standard InChI is InChI=1S/C9H15NO4/c1-14-9(11)6-7-3-2-4-8(5-7)10(12)13/h7-8H,2-6H2,1H3. The summed E-state index contributed by atoms with van der Waals surface area (Å²) < 4.78 is 4.54. The summed E-state index contributed by atoms with van der Waals surface area (Å²) in [5.74, 6) is -0.134. The molecule has 0 aliphatic heterocycles. The van der Waals surface area contributed by atoms with Gasteiger partial charge in [-0.05, 0) is 18.8 Å². The molecule has 0 aromatic heterocycles. The van der Waals surface area contributed by atoms with Crippen LogP contribution in [0.2, 0.25) is 0 Å². The Morgan fingerprint density at radius 2 is 2.29 bits per heavy atom. The van der Waals surface area contributed by atoms with Crippen molar-refractivity contribution in [1.82, 2.24) is 0 Å². The minimum Gasteiger partial charge on any atom is -0.469 e. The molecule has 1 rings (SSSR count). The fourth-order valence-electron chi connectivity index (χ4n) is 1.96. The quantitative estimate of drug-likeness (QED) is 0.393. The highest BCUT2D eigenvalue weighted by Gasteiger charge is 2.30. The van der Waals surface area contributed by atoms with Crippen molar-refractivity contribution < 1.29 is 14.5 Å². The fourth-order valence-corrected chi connectivity index (χ4v) is 1.96. The molecule has 1 aliphatic carbocycles. The number of methoxy groups -OCH3 is 1. The fraction of sp³-hybridized carbons (Fsp3) is 0.889. The van der Waals surface area contributed by atoms with E-state index in [1.54, 1.807) is 0 Å². The molecule has 2 unspecified atom stereocenters. The maximum atomic E-state index is 11.0. The van der Waals surface area contributed by atoms with Gasteiger partial charge in [-0.25, -0.2) is 0 Å². The second kappa shape index (κ2) is 4.93. The summed E-state index contributed by atoms with van der Waals surface area (Å²) in [5, 5.41) is 10.5. The predicted octanol–water partition coefficient (Wildman–Crippen LogP) is 1.39. The Labute approximate surface area is 82.6 Å². The van der Waals surface area contributed by atoms with Crippen LogP contribution in [0.25, 0.3) is 0 Å². The van der Waals surface area contributed by atoms with Crippen LogP contribution in [0.5, 0.6) is 0 Å². The maximum absolute atomic E-state index is 11.0. The van der Waals surface area contributed by atoms with Crippen LogP contribution in [-0.2, 0) is 9.53 Å². The van der Waals surface area contributed by atoms with Gasteiger partial charge >= 0.3 is 5.97 Å². The average Bonchev–Trinajstić information content (AvgIpc) is 2.18. The minimum atomic E-state index is -0.460. The molecule has 0 aromatic carbocycles. The Hall–Kier alpha value is -1.13. The summed E-state index contributed by atoms with van der Waals surface area (Å²) >= 11 is 0. The number of carbonyl (C=O) groups excluding carboxylic acids is 1. The SMILES string of the molecule is COC(=O)CC1CCCC([N+](=O)[O-])C1. The Kier molecular flexibility index (Phi) is 3.85. The summed E-state index contributed by atoms with van der Waals surface area (Å²) in [6.07, 6.45) is 3.22. The Bertz CT molecular complexity index is 229. The van der Waals surface area contributed by atoms with Gasteiger partial charge in [0.1, 0.15) is 0 Å². The van der Waals surface area contributed by atoms with Gasteiger partial charge in [-0.1, -0.05) is 0 Å². The molecule has 0 bridgehead atoms. The van der Waals surface area contributed by atoms with E-state index >= 15 is 0 Å². The number of esters is 1. The summed E-state index contributed by atoms with van der Waals surface area (Å²) in [6, 6.07) is -0.460. The molecule has 5 nitrogen and oxygen atoms in total. The lowest BCUT2D eigenvalue weighted by Gasteiger charge is -2.22. The first-order valence-corrected chi connectivity index (χ1v) is 4.83. The number of hydrogen-bond donors (Lipinski definition) is 0. The molecule has 80 valence electrons. The first kappa shape index (κ1) is 10.9. The molecule has 0 spiro atoms. The van der Waals surface area contributed by atoms with Crippen molar-refractivity contribution in [3.8, 4) is 0 Å². The number of ether oxygens (including phenoxy) is 1. The summed E-state index contributed by atoms with van der Waals surface area (Å²) in [5.41, 5.74) is 0. The summed E-state index contributed by atoms with van der Waals surface area (Å²) in [6.45, 7) is 0. The van der Waals surface area contributed by atoms with Crippen LogP contribution in [0.4, 0.5) is 0 Å². The van der Waals surface area contributed by atoms with E-state index in [4.69, 9.17) is 0 Å². The molecule has 0 heterocycles.